The van der Waals surface area contributed by atoms with Crippen molar-refractivity contribution in [3.8, 4) is 5.75 Å². The maximum atomic E-state index is 10.7. The Labute approximate surface area is 108 Å². The zero-order valence-electron chi connectivity index (χ0n) is 11.1. The van der Waals surface area contributed by atoms with Crippen molar-refractivity contribution in [3.63, 3.8) is 0 Å². The third-order valence-electron chi connectivity index (χ3n) is 2.83. The predicted molar refractivity (Wildman–Crippen MR) is 72.5 cm³/mol. The number of rotatable bonds is 7. The second-order valence-electron chi connectivity index (χ2n) is 4.55. The zero-order valence-corrected chi connectivity index (χ0v) is 11.1. The van der Waals surface area contributed by atoms with Gasteiger partial charge in [0.1, 0.15) is 5.75 Å². The molecule has 100 valence electrons. The molecular weight excluding hydrogens is 228 g/mol. The molecule has 4 heteroatoms. The summed E-state index contributed by atoms with van der Waals surface area (Å²) in [7, 11) is 0. The lowest BCUT2D eigenvalue weighted by atomic mass is 10.0. The fourth-order valence-corrected chi connectivity index (χ4v) is 1.70. The number of amides is 1. The summed E-state index contributed by atoms with van der Waals surface area (Å²) in [5.41, 5.74) is 13.3. The molecule has 1 aromatic carbocycles. The highest BCUT2D eigenvalue weighted by Crippen LogP contribution is 2.22. The number of ether oxygens (including phenoxy) is 1. The Hall–Kier alpha value is -1.55. The molecule has 0 aliphatic rings. The summed E-state index contributed by atoms with van der Waals surface area (Å²) in [4.78, 5) is 10.7. The molecular formula is C14H22N2O2. The molecule has 4 N–H and O–H groups in total. The first-order valence-corrected chi connectivity index (χ1v) is 6.29. The average Bonchev–Trinajstić information content (AvgIpc) is 2.31. The lowest BCUT2D eigenvalue weighted by molar-refractivity contribution is -0.118. The van der Waals surface area contributed by atoms with Crippen LogP contribution in [0.25, 0.3) is 0 Å². The molecule has 0 aliphatic carbocycles. The summed E-state index contributed by atoms with van der Waals surface area (Å²) >= 11 is 0. The van der Waals surface area contributed by atoms with Gasteiger partial charge < -0.3 is 16.2 Å². The number of aryl methyl sites for hydroxylation is 1. The normalized spacial score (nSPS) is 12.2. The molecule has 1 rings (SSSR count). The van der Waals surface area contributed by atoms with Crippen LogP contribution in [-0.2, 0) is 11.2 Å². The standard InChI is InChI=1S/C14H22N2O2/c1-3-12(15)9-11-8-10(2)4-5-13(11)18-7-6-14(16)17/h4-5,8,12H,3,6-7,9,15H2,1-2H3,(H2,16,17). The summed E-state index contributed by atoms with van der Waals surface area (Å²) in [5.74, 6) is 0.444. The minimum absolute atomic E-state index is 0.130. The number of hydrogen-bond acceptors (Lipinski definition) is 3. The maximum absolute atomic E-state index is 10.7. The highest BCUT2D eigenvalue weighted by Gasteiger charge is 2.08. The van der Waals surface area contributed by atoms with Crippen molar-refractivity contribution in [1.29, 1.82) is 0 Å². The fraction of sp³-hybridized carbons (Fsp3) is 0.500. The van der Waals surface area contributed by atoms with E-state index in [0.29, 0.717) is 6.61 Å². The van der Waals surface area contributed by atoms with Gasteiger partial charge in [-0.05, 0) is 31.4 Å². The quantitative estimate of drug-likeness (QED) is 0.770. The number of hydrogen-bond donors (Lipinski definition) is 2. The van der Waals surface area contributed by atoms with Gasteiger partial charge in [-0.3, -0.25) is 4.79 Å². The Kier molecular flexibility index (Phi) is 5.65. The topological polar surface area (TPSA) is 78.3 Å². The van der Waals surface area contributed by atoms with Gasteiger partial charge in [0, 0.05) is 6.04 Å². The number of nitrogens with two attached hydrogens (primary N) is 2. The molecule has 18 heavy (non-hydrogen) atoms. The lowest BCUT2D eigenvalue weighted by Crippen LogP contribution is -2.22. The van der Waals surface area contributed by atoms with Crippen LogP contribution in [0.4, 0.5) is 0 Å². The second kappa shape index (κ2) is 7.01. The first-order chi connectivity index (χ1) is 8.52. The smallest absolute Gasteiger partial charge is 0.220 e. The minimum Gasteiger partial charge on any atom is -0.493 e. The largest absolute Gasteiger partial charge is 0.493 e. The molecule has 1 atom stereocenters. The number of carbonyl (C=O) groups excluding carboxylic acids is 1. The molecule has 0 fully saturated rings. The number of benzene rings is 1. The Bertz CT molecular complexity index is 405. The summed E-state index contributed by atoms with van der Waals surface area (Å²) in [5, 5.41) is 0. The molecule has 1 amide bonds. The Morgan fingerprint density at radius 1 is 1.44 bits per heavy atom. The van der Waals surface area contributed by atoms with Crippen molar-refractivity contribution < 1.29 is 9.53 Å². The van der Waals surface area contributed by atoms with Gasteiger partial charge in [0.05, 0.1) is 13.0 Å². The van der Waals surface area contributed by atoms with Crippen LogP contribution < -0.4 is 16.2 Å². The molecule has 0 aliphatic heterocycles. The monoisotopic (exact) mass is 250 g/mol. The summed E-state index contributed by atoms with van der Waals surface area (Å²) < 4.78 is 5.59. The second-order valence-corrected chi connectivity index (χ2v) is 4.55. The van der Waals surface area contributed by atoms with Crippen molar-refractivity contribution in [2.24, 2.45) is 11.5 Å². The predicted octanol–water partition coefficient (Wildman–Crippen LogP) is 1.53. The molecule has 0 bridgehead atoms. The van der Waals surface area contributed by atoms with Crippen LogP contribution in [0.3, 0.4) is 0 Å². The van der Waals surface area contributed by atoms with E-state index in [4.69, 9.17) is 16.2 Å². The van der Waals surface area contributed by atoms with Crippen molar-refractivity contribution >= 4 is 5.91 Å². The van der Waals surface area contributed by atoms with E-state index in [9.17, 15) is 4.79 Å². The Morgan fingerprint density at radius 2 is 2.17 bits per heavy atom. The fourth-order valence-electron chi connectivity index (χ4n) is 1.70. The zero-order chi connectivity index (χ0) is 13.5. The van der Waals surface area contributed by atoms with E-state index in [1.807, 2.05) is 19.1 Å². The Morgan fingerprint density at radius 3 is 2.78 bits per heavy atom. The van der Waals surface area contributed by atoms with E-state index in [1.54, 1.807) is 0 Å². The molecule has 1 unspecified atom stereocenters. The molecule has 0 spiro atoms. The third kappa shape index (κ3) is 4.75. The SMILES string of the molecule is CCC(N)Cc1cc(C)ccc1OCCC(N)=O. The van der Waals surface area contributed by atoms with Crippen molar-refractivity contribution in [3.05, 3.63) is 29.3 Å². The Balaban J connectivity index is 2.72. The maximum Gasteiger partial charge on any atom is 0.220 e. The van der Waals surface area contributed by atoms with Crippen molar-refractivity contribution in [2.75, 3.05) is 6.61 Å². The van der Waals surface area contributed by atoms with Gasteiger partial charge in [0.2, 0.25) is 5.91 Å². The van der Waals surface area contributed by atoms with E-state index in [2.05, 4.69) is 13.0 Å². The highest BCUT2D eigenvalue weighted by molar-refractivity contribution is 5.73. The first-order valence-electron chi connectivity index (χ1n) is 6.29. The molecule has 1 aromatic rings. The van der Waals surface area contributed by atoms with Crippen molar-refractivity contribution in [1.82, 2.24) is 0 Å². The van der Waals surface area contributed by atoms with Gasteiger partial charge in [0.15, 0.2) is 0 Å². The van der Waals surface area contributed by atoms with Crippen LogP contribution >= 0.6 is 0 Å². The molecule has 0 heterocycles. The van der Waals surface area contributed by atoms with Gasteiger partial charge in [-0.15, -0.1) is 0 Å². The molecule has 0 saturated heterocycles. The average molecular weight is 250 g/mol. The summed E-state index contributed by atoms with van der Waals surface area (Å²) in [6, 6.07) is 6.12. The van der Waals surface area contributed by atoms with Gasteiger partial charge in [-0.25, -0.2) is 0 Å². The molecule has 4 nitrogen and oxygen atoms in total. The third-order valence-corrected chi connectivity index (χ3v) is 2.83. The van der Waals surface area contributed by atoms with Crippen LogP contribution in [0.15, 0.2) is 18.2 Å². The first kappa shape index (κ1) is 14.5. The van der Waals surface area contributed by atoms with Crippen LogP contribution in [0.2, 0.25) is 0 Å². The van der Waals surface area contributed by atoms with E-state index in [0.717, 1.165) is 24.2 Å². The summed E-state index contributed by atoms with van der Waals surface area (Å²) in [6.07, 6.45) is 1.94. The van der Waals surface area contributed by atoms with Crippen LogP contribution in [0.5, 0.6) is 5.75 Å². The van der Waals surface area contributed by atoms with Gasteiger partial charge >= 0.3 is 0 Å². The van der Waals surface area contributed by atoms with Crippen LogP contribution in [-0.4, -0.2) is 18.6 Å². The van der Waals surface area contributed by atoms with Crippen molar-refractivity contribution in [2.45, 2.75) is 39.2 Å². The van der Waals surface area contributed by atoms with Gasteiger partial charge in [-0.1, -0.05) is 24.6 Å². The van der Waals surface area contributed by atoms with Gasteiger partial charge in [0.25, 0.3) is 0 Å². The summed E-state index contributed by atoms with van der Waals surface area (Å²) in [6.45, 7) is 4.41. The van der Waals surface area contributed by atoms with Gasteiger partial charge in [-0.2, -0.15) is 0 Å². The van der Waals surface area contributed by atoms with E-state index < -0.39 is 0 Å². The lowest BCUT2D eigenvalue weighted by Gasteiger charge is -2.15. The molecule has 0 aromatic heterocycles. The van der Waals surface area contributed by atoms with E-state index in [1.165, 1.54) is 5.56 Å². The van der Waals surface area contributed by atoms with Crippen LogP contribution in [0, 0.1) is 6.92 Å². The number of carbonyl (C=O) groups is 1. The molecule has 0 saturated carbocycles. The van der Waals surface area contributed by atoms with E-state index in [-0.39, 0.29) is 18.4 Å². The molecule has 0 radical (unpaired) electrons. The van der Waals surface area contributed by atoms with Crippen LogP contribution in [0.1, 0.15) is 30.9 Å². The highest BCUT2D eigenvalue weighted by atomic mass is 16.5. The number of primary amides is 1. The minimum atomic E-state index is -0.353. The van der Waals surface area contributed by atoms with E-state index >= 15 is 0 Å².